The number of anilines is 1. The van der Waals surface area contributed by atoms with Gasteiger partial charge in [-0.05, 0) is 25.2 Å². The second-order valence-electron chi connectivity index (χ2n) is 5.03. The molecule has 0 saturated heterocycles. The molecular formula is C12H20N2O3. The lowest BCUT2D eigenvalue weighted by atomic mass is 9.83. The summed E-state index contributed by atoms with van der Waals surface area (Å²) in [6.07, 6.45) is 1.98. The first-order chi connectivity index (χ1) is 7.85. The molecule has 0 aliphatic rings. The Morgan fingerprint density at radius 1 is 1.53 bits per heavy atom. The average molecular weight is 240 g/mol. The first-order valence-electron chi connectivity index (χ1n) is 5.63. The van der Waals surface area contributed by atoms with Crippen molar-refractivity contribution in [3.8, 4) is 0 Å². The van der Waals surface area contributed by atoms with Gasteiger partial charge in [-0.25, -0.2) is 0 Å². The van der Waals surface area contributed by atoms with Crippen LogP contribution in [0.15, 0.2) is 4.52 Å². The van der Waals surface area contributed by atoms with Crippen molar-refractivity contribution in [1.29, 1.82) is 0 Å². The number of ether oxygens (including phenoxy) is 1. The third-order valence-corrected chi connectivity index (χ3v) is 2.92. The smallest absolute Gasteiger partial charge is 0.306 e. The Balaban J connectivity index is 2.58. The second-order valence-corrected chi connectivity index (χ2v) is 5.03. The molecule has 17 heavy (non-hydrogen) atoms. The minimum atomic E-state index is -0.190. The molecule has 1 aromatic heterocycles. The number of hydrogen-bond donors (Lipinski definition) is 1. The molecule has 0 aliphatic carbocycles. The highest BCUT2D eigenvalue weighted by atomic mass is 16.5. The molecule has 0 fully saturated rings. The van der Waals surface area contributed by atoms with E-state index in [1.807, 2.05) is 20.8 Å². The normalized spacial score (nSPS) is 11.5. The van der Waals surface area contributed by atoms with Crippen LogP contribution in [0, 0.1) is 12.3 Å². The molecule has 0 saturated carbocycles. The summed E-state index contributed by atoms with van der Waals surface area (Å²) < 4.78 is 9.57. The highest BCUT2D eigenvalue weighted by Crippen LogP contribution is 2.29. The van der Waals surface area contributed by atoms with Gasteiger partial charge in [0.1, 0.15) is 0 Å². The molecule has 2 N–H and O–H groups in total. The first-order valence-corrected chi connectivity index (χ1v) is 5.63. The lowest BCUT2D eigenvalue weighted by molar-refractivity contribution is -0.143. The minimum Gasteiger partial charge on any atom is -0.469 e. The Hall–Kier alpha value is -1.52. The molecule has 1 rings (SSSR count). The molecule has 5 nitrogen and oxygen atoms in total. The van der Waals surface area contributed by atoms with E-state index in [4.69, 9.17) is 10.3 Å². The van der Waals surface area contributed by atoms with E-state index in [0.29, 0.717) is 12.3 Å². The Kier molecular flexibility index (Phi) is 4.15. The molecule has 0 aromatic carbocycles. The molecule has 0 aliphatic heterocycles. The zero-order valence-electron chi connectivity index (χ0n) is 10.9. The monoisotopic (exact) mass is 240 g/mol. The van der Waals surface area contributed by atoms with Crippen LogP contribution in [0.5, 0.6) is 0 Å². The molecule has 1 heterocycles. The standard InChI is InChI=1S/C12H20N2O3/c1-8-9(11(13)17-14-8)5-6-12(2,3)7-10(15)16-4/h5-7,13H2,1-4H3. The molecule has 5 heteroatoms. The summed E-state index contributed by atoms with van der Waals surface area (Å²) in [5.74, 6) is 0.182. The van der Waals surface area contributed by atoms with Crippen molar-refractivity contribution in [1.82, 2.24) is 5.16 Å². The fourth-order valence-corrected chi connectivity index (χ4v) is 1.72. The van der Waals surface area contributed by atoms with Gasteiger partial charge in [0.25, 0.3) is 0 Å². The number of rotatable bonds is 5. The maximum atomic E-state index is 11.2. The van der Waals surface area contributed by atoms with Crippen LogP contribution in [0.3, 0.4) is 0 Å². The predicted molar refractivity (Wildman–Crippen MR) is 64.4 cm³/mol. The van der Waals surface area contributed by atoms with Crippen LogP contribution in [-0.4, -0.2) is 18.2 Å². The Labute approximate surface area is 101 Å². The quantitative estimate of drug-likeness (QED) is 0.797. The van der Waals surface area contributed by atoms with Crippen molar-refractivity contribution in [3.63, 3.8) is 0 Å². The van der Waals surface area contributed by atoms with E-state index in [9.17, 15) is 4.79 Å². The molecule has 0 spiro atoms. The number of carbonyl (C=O) groups is 1. The van der Waals surface area contributed by atoms with E-state index in [1.54, 1.807) is 0 Å². The van der Waals surface area contributed by atoms with E-state index in [-0.39, 0.29) is 11.4 Å². The minimum absolute atomic E-state index is 0.122. The average Bonchev–Trinajstić information content (AvgIpc) is 2.55. The van der Waals surface area contributed by atoms with Gasteiger partial charge in [0.15, 0.2) is 0 Å². The van der Waals surface area contributed by atoms with Crippen molar-refractivity contribution < 1.29 is 14.1 Å². The molecule has 1 aromatic rings. The van der Waals surface area contributed by atoms with Crippen LogP contribution in [0.1, 0.15) is 37.9 Å². The second kappa shape index (κ2) is 5.21. The Morgan fingerprint density at radius 3 is 2.65 bits per heavy atom. The molecule has 0 unspecified atom stereocenters. The molecule has 0 radical (unpaired) electrons. The number of aromatic nitrogens is 1. The lowest BCUT2D eigenvalue weighted by Gasteiger charge is -2.22. The molecular weight excluding hydrogens is 220 g/mol. The number of esters is 1. The SMILES string of the molecule is COC(=O)CC(C)(C)CCc1c(C)noc1N. The number of nitrogen functional groups attached to an aromatic ring is 1. The van der Waals surface area contributed by atoms with E-state index in [2.05, 4.69) is 9.89 Å². The van der Waals surface area contributed by atoms with Gasteiger partial charge in [-0.15, -0.1) is 0 Å². The third kappa shape index (κ3) is 3.76. The van der Waals surface area contributed by atoms with E-state index in [1.165, 1.54) is 7.11 Å². The van der Waals surface area contributed by atoms with Gasteiger partial charge >= 0.3 is 5.97 Å². The summed E-state index contributed by atoms with van der Waals surface area (Å²) in [6, 6.07) is 0. The van der Waals surface area contributed by atoms with Crippen LogP contribution in [-0.2, 0) is 16.0 Å². The fraction of sp³-hybridized carbons (Fsp3) is 0.667. The maximum Gasteiger partial charge on any atom is 0.306 e. The summed E-state index contributed by atoms with van der Waals surface area (Å²) in [4.78, 5) is 11.2. The van der Waals surface area contributed by atoms with Gasteiger partial charge in [-0.2, -0.15) is 0 Å². The van der Waals surface area contributed by atoms with Crippen LogP contribution in [0.25, 0.3) is 0 Å². The van der Waals surface area contributed by atoms with Crippen LogP contribution in [0.4, 0.5) is 5.88 Å². The Bertz CT molecular complexity index is 377. The lowest BCUT2D eigenvalue weighted by Crippen LogP contribution is -2.19. The molecule has 96 valence electrons. The zero-order valence-corrected chi connectivity index (χ0v) is 10.9. The highest BCUT2D eigenvalue weighted by Gasteiger charge is 2.23. The third-order valence-electron chi connectivity index (χ3n) is 2.92. The summed E-state index contributed by atoms with van der Waals surface area (Å²) in [7, 11) is 1.40. The Morgan fingerprint density at radius 2 is 2.18 bits per heavy atom. The number of carbonyl (C=O) groups excluding carboxylic acids is 1. The summed E-state index contributed by atoms with van der Waals surface area (Å²) in [5, 5.41) is 3.80. The summed E-state index contributed by atoms with van der Waals surface area (Å²) >= 11 is 0. The number of nitrogens with zero attached hydrogens (tertiary/aromatic N) is 1. The van der Waals surface area contributed by atoms with Gasteiger partial charge in [0.05, 0.1) is 19.2 Å². The first kappa shape index (κ1) is 13.5. The van der Waals surface area contributed by atoms with E-state index >= 15 is 0 Å². The van der Waals surface area contributed by atoms with E-state index in [0.717, 1.165) is 24.1 Å². The van der Waals surface area contributed by atoms with Crippen LogP contribution < -0.4 is 5.73 Å². The molecule has 0 bridgehead atoms. The van der Waals surface area contributed by atoms with Crippen molar-refractivity contribution in [2.45, 2.75) is 40.0 Å². The van der Waals surface area contributed by atoms with Gasteiger partial charge in [0.2, 0.25) is 5.88 Å². The zero-order chi connectivity index (χ0) is 13.1. The number of nitrogens with two attached hydrogens (primary N) is 1. The predicted octanol–water partition coefficient (Wildman–Crippen LogP) is 2.09. The molecule has 0 amide bonds. The number of aryl methyl sites for hydroxylation is 1. The van der Waals surface area contributed by atoms with Gasteiger partial charge in [0, 0.05) is 5.56 Å². The molecule has 0 atom stereocenters. The van der Waals surface area contributed by atoms with Crippen LogP contribution >= 0.6 is 0 Å². The van der Waals surface area contributed by atoms with Gasteiger partial charge in [-0.1, -0.05) is 19.0 Å². The highest BCUT2D eigenvalue weighted by molar-refractivity contribution is 5.69. The van der Waals surface area contributed by atoms with Crippen molar-refractivity contribution in [2.75, 3.05) is 12.8 Å². The van der Waals surface area contributed by atoms with Crippen molar-refractivity contribution >= 4 is 11.9 Å². The summed E-state index contributed by atoms with van der Waals surface area (Å²) in [5.41, 5.74) is 7.30. The van der Waals surface area contributed by atoms with Crippen molar-refractivity contribution in [3.05, 3.63) is 11.3 Å². The summed E-state index contributed by atoms with van der Waals surface area (Å²) in [6.45, 7) is 5.93. The van der Waals surface area contributed by atoms with Crippen LogP contribution in [0.2, 0.25) is 0 Å². The van der Waals surface area contributed by atoms with Crippen molar-refractivity contribution in [2.24, 2.45) is 5.41 Å². The topological polar surface area (TPSA) is 78.3 Å². The van der Waals surface area contributed by atoms with E-state index < -0.39 is 0 Å². The van der Waals surface area contributed by atoms with Gasteiger partial charge in [-0.3, -0.25) is 4.79 Å². The fourth-order valence-electron chi connectivity index (χ4n) is 1.72. The largest absolute Gasteiger partial charge is 0.469 e. The number of methoxy groups -OCH3 is 1. The van der Waals surface area contributed by atoms with Gasteiger partial charge < -0.3 is 15.0 Å². The number of hydrogen-bond acceptors (Lipinski definition) is 5. The maximum absolute atomic E-state index is 11.2.